The van der Waals surface area contributed by atoms with Crippen LogP contribution in [0.25, 0.3) is 0 Å². The van der Waals surface area contributed by atoms with Crippen molar-refractivity contribution >= 4 is 6.03 Å². The van der Waals surface area contributed by atoms with Gasteiger partial charge in [0, 0.05) is 43.3 Å². The molecule has 1 aromatic heterocycles. The average molecular weight is 395 g/mol. The Balaban J connectivity index is 1.46. The highest BCUT2D eigenvalue weighted by atomic mass is 16.3. The minimum absolute atomic E-state index is 0.0177. The molecule has 3 N–H and O–H groups in total. The summed E-state index contributed by atoms with van der Waals surface area (Å²) in [5.41, 5.74) is 2.17. The van der Waals surface area contributed by atoms with E-state index in [4.69, 9.17) is 0 Å². The van der Waals surface area contributed by atoms with Gasteiger partial charge in [0.25, 0.3) is 0 Å². The summed E-state index contributed by atoms with van der Waals surface area (Å²) < 4.78 is 0. The maximum Gasteiger partial charge on any atom is 0.315 e. The third kappa shape index (κ3) is 4.60. The molecular formula is C23H30N4O2. The number of rotatable bonds is 7. The van der Waals surface area contributed by atoms with E-state index in [0.29, 0.717) is 19.1 Å². The Morgan fingerprint density at radius 2 is 1.83 bits per heavy atom. The second-order valence-electron chi connectivity index (χ2n) is 8.08. The van der Waals surface area contributed by atoms with E-state index in [1.807, 2.05) is 36.4 Å². The van der Waals surface area contributed by atoms with Gasteiger partial charge in [-0.05, 0) is 30.5 Å². The molecule has 154 valence electrons. The average Bonchev–Trinajstić information content (AvgIpc) is 3.25. The molecule has 1 saturated heterocycles. The second kappa shape index (κ2) is 9.37. The van der Waals surface area contributed by atoms with Gasteiger partial charge in [-0.15, -0.1) is 0 Å². The van der Waals surface area contributed by atoms with E-state index in [1.54, 1.807) is 6.20 Å². The number of nitrogens with zero attached hydrogens (tertiary/aromatic N) is 2. The first-order valence-corrected chi connectivity index (χ1v) is 10.6. The number of aliphatic hydroxyl groups is 1. The number of amides is 2. The van der Waals surface area contributed by atoms with Gasteiger partial charge in [-0.2, -0.15) is 0 Å². The van der Waals surface area contributed by atoms with Gasteiger partial charge in [0.05, 0.1) is 12.3 Å². The first-order chi connectivity index (χ1) is 14.3. The standard InChI is InChI=1S/C23H30N4O2/c28-16-21-22(17-8-2-1-3-9-17)20(27(21)15-19-12-6-7-13-24-19)14-25-23(29)26-18-10-4-5-11-18/h1-3,6-9,12-13,18,20-22,28H,4-5,10-11,14-16H2,(H2,25,26,29)/t20-,21-,22-/m1/s1. The van der Waals surface area contributed by atoms with Crippen LogP contribution in [-0.4, -0.2) is 52.3 Å². The summed E-state index contributed by atoms with van der Waals surface area (Å²) in [4.78, 5) is 19.1. The van der Waals surface area contributed by atoms with Gasteiger partial charge in [0.1, 0.15) is 0 Å². The molecule has 1 aliphatic heterocycles. The van der Waals surface area contributed by atoms with Crippen LogP contribution in [0.5, 0.6) is 0 Å². The van der Waals surface area contributed by atoms with Crippen molar-refractivity contribution in [1.82, 2.24) is 20.5 Å². The zero-order valence-corrected chi connectivity index (χ0v) is 16.7. The zero-order valence-electron chi connectivity index (χ0n) is 16.7. The molecule has 0 unspecified atom stereocenters. The number of hydrogen-bond acceptors (Lipinski definition) is 4. The van der Waals surface area contributed by atoms with E-state index < -0.39 is 0 Å². The van der Waals surface area contributed by atoms with Gasteiger partial charge in [0.2, 0.25) is 0 Å². The van der Waals surface area contributed by atoms with Crippen LogP contribution in [0.1, 0.15) is 42.9 Å². The lowest BCUT2D eigenvalue weighted by Crippen LogP contribution is -2.66. The van der Waals surface area contributed by atoms with Gasteiger partial charge in [0.15, 0.2) is 0 Å². The summed E-state index contributed by atoms with van der Waals surface area (Å²) >= 11 is 0. The summed E-state index contributed by atoms with van der Waals surface area (Å²) in [7, 11) is 0. The lowest BCUT2D eigenvalue weighted by molar-refractivity contribution is -0.0486. The van der Waals surface area contributed by atoms with E-state index in [2.05, 4.69) is 32.7 Å². The number of likely N-dealkylation sites (tertiary alicyclic amines) is 1. The van der Waals surface area contributed by atoms with Crippen LogP contribution in [0, 0.1) is 0 Å². The molecule has 29 heavy (non-hydrogen) atoms. The lowest BCUT2D eigenvalue weighted by Gasteiger charge is -2.55. The van der Waals surface area contributed by atoms with Crippen molar-refractivity contribution in [2.45, 2.75) is 56.3 Å². The molecular weight excluding hydrogens is 364 g/mol. The van der Waals surface area contributed by atoms with Gasteiger partial charge >= 0.3 is 6.03 Å². The molecule has 1 aliphatic carbocycles. The van der Waals surface area contributed by atoms with Crippen molar-refractivity contribution in [2.24, 2.45) is 0 Å². The Kier molecular flexibility index (Phi) is 6.42. The Bertz CT molecular complexity index is 780. The molecule has 0 spiro atoms. The van der Waals surface area contributed by atoms with Crippen molar-refractivity contribution in [1.29, 1.82) is 0 Å². The quantitative estimate of drug-likeness (QED) is 0.675. The molecule has 3 atom stereocenters. The molecule has 2 fully saturated rings. The Labute approximate surface area is 172 Å². The molecule has 1 aromatic carbocycles. The van der Waals surface area contributed by atoms with Crippen molar-refractivity contribution < 1.29 is 9.90 Å². The van der Waals surface area contributed by atoms with Crippen molar-refractivity contribution in [3.8, 4) is 0 Å². The number of aliphatic hydroxyl groups excluding tert-OH is 1. The number of carbonyl (C=O) groups excluding carboxylic acids is 1. The summed E-state index contributed by atoms with van der Waals surface area (Å²) in [5.74, 6) is 0.177. The first kappa shape index (κ1) is 19.9. The molecule has 1 saturated carbocycles. The number of aromatic nitrogens is 1. The van der Waals surface area contributed by atoms with Crippen LogP contribution in [0.4, 0.5) is 4.79 Å². The topological polar surface area (TPSA) is 77.5 Å². The number of nitrogens with one attached hydrogen (secondary N) is 2. The molecule has 0 radical (unpaired) electrons. The zero-order chi connectivity index (χ0) is 20.1. The van der Waals surface area contributed by atoms with Gasteiger partial charge in [-0.25, -0.2) is 4.79 Å². The molecule has 6 heteroatoms. The van der Waals surface area contributed by atoms with E-state index >= 15 is 0 Å². The first-order valence-electron chi connectivity index (χ1n) is 10.6. The van der Waals surface area contributed by atoms with E-state index in [9.17, 15) is 9.90 Å². The van der Waals surface area contributed by atoms with Crippen LogP contribution in [0.15, 0.2) is 54.7 Å². The summed E-state index contributed by atoms with van der Waals surface area (Å²) in [6.45, 7) is 1.28. The van der Waals surface area contributed by atoms with Crippen LogP contribution in [0.3, 0.4) is 0 Å². The fourth-order valence-electron chi connectivity index (χ4n) is 4.81. The maximum absolute atomic E-state index is 12.4. The highest BCUT2D eigenvalue weighted by Crippen LogP contribution is 2.41. The Hall–Kier alpha value is -2.44. The van der Waals surface area contributed by atoms with Crippen molar-refractivity contribution in [2.75, 3.05) is 13.2 Å². The maximum atomic E-state index is 12.4. The van der Waals surface area contributed by atoms with Gasteiger partial charge in [-0.1, -0.05) is 49.2 Å². The minimum Gasteiger partial charge on any atom is -0.395 e. The highest BCUT2D eigenvalue weighted by molar-refractivity contribution is 5.74. The molecule has 2 aliphatic rings. The van der Waals surface area contributed by atoms with E-state index in [-0.39, 0.29) is 30.6 Å². The molecule has 4 rings (SSSR count). The Morgan fingerprint density at radius 1 is 1.07 bits per heavy atom. The van der Waals surface area contributed by atoms with Crippen molar-refractivity contribution in [3.05, 3.63) is 66.0 Å². The SMILES string of the molecule is O=C(NC[C@@H]1[C@@H](c2ccccc2)[C@@H](CO)N1Cc1ccccn1)NC1CCCC1. The van der Waals surface area contributed by atoms with Crippen molar-refractivity contribution in [3.63, 3.8) is 0 Å². The third-order valence-corrected chi connectivity index (χ3v) is 6.29. The fraction of sp³-hybridized carbons (Fsp3) is 0.478. The monoisotopic (exact) mass is 394 g/mol. The summed E-state index contributed by atoms with van der Waals surface area (Å²) in [5, 5.41) is 16.3. The second-order valence-corrected chi connectivity index (χ2v) is 8.08. The summed E-state index contributed by atoms with van der Waals surface area (Å²) in [6, 6.07) is 16.5. The fourth-order valence-corrected chi connectivity index (χ4v) is 4.81. The molecule has 2 amide bonds. The smallest absolute Gasteiger partial charge is 0.315 e. The van der Waals surface area contributed by atoms with Crippen LogP contribution < -0.4 is 10.6 Å². The molecule has 2 heterocycles. The largest absolute Gasteiger partial charge is 0.395 e. The van der Waals surface area contributed by atoms with Crippen LogP contribution >= 0.6 is 0 Å². The lowest BCUT2D eigenvalue weighted by atomic mass is 9.75. The molecule has 6 nitrogen and oxygen atoms in total. The Morgan fingerprint density at radius 3 is 2.52 bits per heavy atom. The number of benzene rings is 1. The van der Waals surface area contributed by atoms with Crippen LogP contribution in [-0.2, 0) is 6.54 Å². The van der Waals surface area contributed by atoms with Crippen LogP contribution in [0.2, 0.25) is 0 Å². The number of pyridine rings is 1. The summed E-state index contributed by atoms with van der Waals surface area (Å²) in [6.07, 6.45) is 6.32. The highest BCUT2D eigenvalue weighted by Gasteiger charge is 2.48. The third-order valence-electron chi connectivity index (χ3n) is 6.29. The predicted octanol–water partition coefficient (Wildman–Crippen LogP) is 2.65. The predicted molar refractivity (Wildman–Crippen MR) is 112 cm³/mol. The molecule has 0 bridgehead atoms. The molecule has 2 aromatic rings. The van der Waals surface area contributed by atoms with E-state index in [1.165, 1.54) is 18.4 Å². The van der Waals surface area contributed by atoms with Gasteiger partial charge < -0.3 is 15.7 Å². The van der Waals surface area contributed by atoms with E-state index in [0.717, 1.165) is 18.5 Å². The minimum atomic E-state index is -0.0889. The number of hydrogen-bond donors (Lipinski definition) is 3. The number of carbonyl (C=O) groups is 1. The normalized spacial score (nSPS) is 24.8. The number of urea groups is 1. The van der Waals surface area contributed by atoms with Gasteiger partial charge in [-0.3, -0.25) is 9.88 Å².